The molecular weight excluding hydrogens is 1290 g/mol. The predicted molar refractivity (Wildman–Crippen MR) is 406 cm³/mol. The van der Waals surface area contributed by atoms with Crippen LogP contribution in [0.3, 0.4) is 0 Å². The van der Waals surface area contributed by atoms with Crippen LogP contribution in [0, 0.1) is 0 Å². The van der Waals surface area contributed by atoms with Gasteiger partial charge in [0.15, 0.2) is 0 Å². The van der Waals surface area contributed by atoms with E-state index in [9.17, 15) is 24.0 Å². The summed E-state index contributed by atoms with van der Waals surface area (Å²) < 4.78 is 13.1. The Bertz CT molecular complexity index is 3040. The van der Waals surface area contributed by atoms with Crippen LogP contribution in [0.4, 0.5) is 0 Å². The summed E-state index contributed by atoms with van der Waals surface area (Å²) in [5.41, 5.74) is 13.0. The number of para-hydroxylation sites is 1. The van der Waals surface area contributed by atoms with Crippen molar-refractivity contribution >= 4 is 34.7 Å². The molecule has 0 bridgehead atoms. The second-order valence-corrected chi connectivity index (χ2v) is 29.2. The van der Waals surface area contributed by atoms with Crippen molar-refractivity contribution in [2.75, 3.05) is 223 Å². The molecule has 2 aromatic heterocycles. The van der Waals surface area contributed by atoms with E-state index in [1.807, 2.05) is 30.3 Å². The van der Waals surface area contributed by atoms with Gasteiger partial charge in [-0.2, -0.15) is 0 Å². The van der Waals surface area contributed by atoms with Crippen LogP contribution in [-0.2, 0) is 47.4 Å². The van der Waals surface area contributed by atoms with Crippen LogP contribution in [0.25, 0.3) is 22.3 Å². The van der Waals surface area contributed by atoms with E-state index in [0.717, 1.165) is 206 Å². The van der Waals surface area contributed by atoms with Gasteiger partial charge in [-0.1, -0.05) is 50.8 Å². The molecule has 102 heavy (non-hydrogen) atoms. The van der Waals surface area contributed by atoms with E-state index in [1.165, 1.54) is 77.0 Å². The first-order chi connectivity index (χ1) is 49.9. The van der Waals surface area contributed by atoms with Crippen molar-refractivity contribution in [3.63, 3.8) is 0 Å². The number of benzene rings is 1. The summed E-state index contributed by atoms with van der Waals surface area (Å²) in [5, 5.41) is 36.1. The predicted octanol–water partition coefficient (Wildman–Crippen LogP) is -0.0709. The Labute approximate surface area is 608 Å². The molecule has 0 spiro atoms. The molecule has 4 saturated carbocycles. The highest BCUT2D eigenvalue weighted by molar-refractivity contribution is 5.90. The van der Waals surface area contributed by atoms with Gasteiger partial charge in [-0.25, -0.2) is 9.78 Å². The van der Waals surface area contributed by atoms with Crippen molar-refractivity contribution < 1.29 is 28.7 Å². The number of pyridine rings is 2. The molecule has 0 unspecified atom stereocenters. The molecule has 1 atom stereocenters. The lowest BCUT2D eigenvalue weighted by molar-refractivity contribution is -0.189. The van der Waals surface area contributed by atoms with E-state index < -0.39 is 30.0 Å². The van der Waals surface area contributed by atoms with Crippen LogP contribution in [0.15, 0.2) is 41.2 Å². The van der Waals surface area contributed by atoms with Crippen molar-refractivity contribution in [1.29, 1.82) is 0 Å². The minimum Gasteiger partial charge on any atom is -0.457 e. The third-order valence-corrected chi connectivity index (χ3v) is 21.9. The quantitative estimate of drug-likeness (QED) is 0.0203. The minimum absolute atomic E-state index is 0.0168. The number of amides is 2. The van der Waals surface area contributed by atoms with Crippen molar-refractivity contribution in [2.24, 2.45) is 11.5 Å². The number of cyclic esters (lactones) is 1. The van der Waals surface area contributed by atoms with Crippen molar-refractivity contribution in [1.82, 2.24) is 92.1 Å². The molecular formula is C75H130N20O7. The number of ether oxygens (including phenoxy) is 2. The molecule has 2 amide bonds. The molecule has 27 heteroatoms. The summed E-state index contributed by atoms with van der Waals surface area (Å²) in [6.07, 6.45) is 15.4. The molecule has 4 heterocycles. The standard InChI is InChI=1S/C75H130N20O7/c1-3-75(66-55-68-72-60(54-59-10-4-5-19-67(59)88-72)57-95(68)73(99)65(66)58-101-74(75)100)102-71(98)56-87-70(97)21-20-69(96)86-37-45-92(41-29-80-26-25-79-27-28-83-61-11-6-12-61)52-51-91(43-32-82-34-47-94(64-17-9-18-64)46-33-78-24-22-76)42-31-81-30-40-90(38-23-77)50-53-93(44-36-85-63-15-8-16-63)49-48-89(2)39-35-84-62-13-7-14-62/h4-5,10,19,54-55,61-64,78-85H,3,6-9,11-18,20-53,56-58,76-77H2,1-2H3,(H,86,96)(H,87,97)/t75-/m1/s1. The Hall–Kier alpha value is -5.18. The fourth-order valence-corrected chi connectivity index (χ4v) is 14.4. The van der Waals surface area contributed by atoms with E-state index in [-0.39, 0.29) is 48.5 Å². The molecule has 0 radical (unpaired) electrons. The molecule has 4 aliphatic carbocycles. The van der Waals surface area contributed by atoms with Gasteiger partial charge in [0, 0.05) is 263 Å². The van der Waals surface area contributed by atoms with Crippen LogP contribution in [0.1, 0.15) is 120 Å². The maximum atomic E-state index is 14.1. The maximum absolute atomic E-state index is 14.1. The van der Waals surface area contributed by atoms with Crippen LogP contribution < -0.4 is 70.2 Å². The van der Waals surface area contributed by atoms with E-state index >= 15 is 0 Å². The number of rotatable bonds is 57. The SMILES string of the molecule is CC[C@]1(OC(=O)CNC(=O)CCC(=O)NCCN(CCNCCNCCNC2CCC2)CCN(CCNCCN(CCN)CCN(CCNC2CCC2)CCN(C)CCNC2CCC2)CCNCCN(CCNCCN)C2CCC2)C(=O)OCc2c1cc1n(c2=O)Cc2cc3ccccc3nc2-1. The number of hydrogen-bond acceptors (Lipinski definition) is 24. The topological polar surface area (TPSA) is 313 Å². The van der Waals surface area contributed by atoms with Crippen LogP contribution in [-0.4, -0.2) is 310 Å². The highest BCUT2D eigenvalue weighted by Gasteiger charge is 2.50. The Balaban J connectivity index is 0.748. The zero-order valence-corrected chi connectivity index (χ0v) is 62.2. The van der Waals surface area contributed by atoms with Gasteiger partial charge in [0.25, 0.3) is 5.56 Å². The van der Waals surface area contributed by atoms with Gasteiger partial charge >= 0.3 is 11.9 Å². The lowest BCUT2D eigenvalue weighted by atomic mass is 9.85. The summed E-state index contributed by atoms with van der Waals surface area (Å²) in [7, 11) is 2.26. The summed E-state index contributed by atoms with van der Waals surface area (Å²) in [6, 6.07) is 14.2. The van der Waals surface area contributed by atoms with Gasteiger partial charge in [-0.3, -0.25) is 43.7 Å². The van der Waals surface area contributed by atoms with Crippen LogP contribution in [0.5, 0.6) is 0 Å². The highest BCUT2D eigenvalue weighted by atomic mass is 16.6. The molecule has 27 nitrogen and oxygen atoms in total. The van der Waals surface area contributed by atoms with Crippen LogP contribution in [0.2, 0.25) is 0 Å². The number of nitrogens with zero attached hydrogens (tertiary/aromatic N) is 8. The molecule has 6 aliphatic rings. The summed E-state index contributed by atoms with van der Waals surface area (Å²) >= 11 is 0. The lowest BCUT2D eigenvalue weighted by Crippen LogP contribution is -2.48. The second-order valence-electron chi connectivity index (χ2n) is 29.2. The van der Waals surface area contributed by atoms with Gasteiger partial charge in [0.2, 0.25) is 17.4 Å². The van der Waals surface area contributed by atoms with Gasteiger partial charge in [0.05, 0.1) is 29.0 Å². The normalized spacial score (nSPS) is 17.7. The number of esters is 2. The number of fused-ring (bicyclic) bond motifs is 5. The Morgan fingerprint density at radius 2 is 1.08 bits per heavy atom. The van der Waals surface area contributed by atoms with E-state index in [2.05, 4.69) is 89.6 Å². The fourth-order valence-electron chi connectivity index (χ4n) is 14.4. The van der Waals surface area contributed by atoms with E-state index in [1.54, 1.807) is 17.6 Å². The van der Waals surface area contributed by atoms with Gasteiger partial charge < -0.3 is 83.6 Å². The molecule has 9 rings (SSSR count). The second kappa shape index (κ2) is 44.7. The summed E-state index contributed by atoms with van der Waals surface area (Å²) in [6.45, 7) is 29.7. The maximum Gasteiger partial charge on any atom is 0.355 e. The third-order valence-electron chi connectivity index (χ3n) is 21.9. The van der Waals surface area contributed by atoms with Crippen molar-refractivity contribution in [2.45, 2.75) is 146 Å². The van der Waals surface area contributed by atoms with Crippen molar-refractivity contribution in [3.8, 4) is 11.4 Å². The van der Waals surface area contributed by atoms with E-state index in [4.69, 9.17) is 25.9 Å². The largest absolute Gasteiger partial charge is 0.457 e. The summed E-state index contributed by atoms with van der Waals surface area (Å²) in [5.74, 6) is -2.48. The smallest absolute Gasteiger partial charge is 0.355 e. The van der Waals surface area contributed by atoms with Gasteiger partial charge in [0.1, 0.15) is 13.2 Å². The zero-order chi connectivity index (χ0) is 71.6. The Morgan fingerprint density at radius 3 is 1.67 bits per heavy atom. The number of nitrogens with one attached hydrogen (secondary N) is 10. The first-order valence-electron chi connectivity index (χ1n) is 39.5. The monoisotopic (exact) mass is 1420 g/mol. The summed E-state index contributed by atoms with van der Waals surface area (Å²) in [4.78, 5) is 88.2. The minimum atomic E-state index is -1.92. The molecule has 14 N–H and O–H groups in total. The van der Waals surface area contributed by atoms with Crippen LogP contribution >= 0.6 is 0 Å². The number of nitrogens with two attached hydrogens (primary N) is 2. The van der Waals surface area contributed by atoms with Gasteiger partial charge in [-0.15, -0.1) is 0 Å². The first-order valence-corrected chi connectivity index (χ1v) is 39.5. The Morgan fingerprint density at radius 1 is 0.569 bits per heavy atom. The molecule has 0 saturated heterocycles. The van der Waals surface area contributed by atoms with E-state index in [0.29, 0.717) is 62.2 Å². The molecule has 1 aromatic carbocycles. The fraction of sp³-hybridized carbons (Fsp3) is 0.760. The zero-order valence-electron chi connectivity index (χ0n) is 62.2. The van der Waals surface area contributed by atoms with Crippen molar-refractivity contribution in [3.05, 3.63) is 63.4 Å². The highest BCUT2D eigenvalue weighted by Crippen LogP contribution is 2.41. The first kappa shape index (κ1) is 80.9. The number of hydrogen-bond donors (Lipinski definition) is 12. The number of carbonyl (C=O) groups excluding carboxylic acids is 4. The Kier molecular flexibility index (Phi) is 35.5. The molecule has 572 valence electrons. The molecule has 2 aliphatic heterocycles. The average molecular weight is 1420 g/mol. The molecule has 4 fully saturated rings. The molecule has 3 aromatic rings. The number of likely N-dealkylation sites (N-methyl/N-ethyl adjacent to an activating group) is 1. The average Bonchev–Trinajstić information content (AvgIpc) is 1.55. The number of aromatic nitrogens is 2. The third kappa shape index (κ3) is 26.1. The number of carbonyl (C=O) groups is 4. The van der Waals surface area contributed by atoms with Gasteiger partial charge in [-0.05, 0) is 83.0 Å². The lowest BCUT2D eigenvalue weighted by Gasteiger charge is -2.37.